The second-order valence-corrected chi connectivity index (χ2v) is 8.94. The summed E-state index contributed by atoms with van der Waals surface area (Å²) < 4.78 is 118. The summed E-state index contributed by atoms with van der Waals surface area (Å²) in [5.74, 6) is 0.318. The van der Waals surface area contributed by atoms with Crippen LogP contribution in [0.1, 0.15) is 0 Å². The molecule has 2 heterocycles. The number of para-hydroxylation sites is 2. The van der Waals surface area contributed by atoms with Gasteiger partial charge in [-0.25, -0.2) is 17.6 Å². The van der Waals surface area contributed by atoms with E-state index in [0.29, 0.717) is 10.8 Å². The maximum atomic E-state index is 14.5. The molecule has 0 radical (unpaired) electrons. The number of aromatic nitrogens is 2. The molecule has 0 atom stereocenters. The highest BCUT2D eigenvalue weighted by Crippen LogP contribution is 2.42. The van der Waals surface area contributed by atoms with Gasteiger partial charge in [0.1, 0.15) is 11.5 Å². The van der Waals surface area contributed by atoms with Crippen molar-refractivity contribution in [3.8, 4) is 11.5 Å². The van der Waals surface area contributed by atoms with Crippen LogP contribution in [0.4, 0.5) is 35.1 Å². The smallest absolute Gasteiger partial charge is 0.389 e. The van der Waals surface area contributed by atoms with Crippen LogP contribution in [0.15, 0.2) is 84.9 Å². The van der Waals surface area contributed by atoms with E-state index in [1.807, 2.05) is 0 Å². The molecular weight excluding hydrogens is 532 g/mol. The summed E-state index contributed by atoms with van der Waals surface area (Å²) in [6.07, 6.45) is -7.89. The molecule has 4 aromatic carbocycles. The number of hydrogen-bond donors (Lipinski definition) is 0. The lowest BCUT2D eigenvalue weighted by molar-refractivity contribution is -0.184. The van der Waals surface area contributed by atoms with Crippen molar-refractivity contribution in [1.29, 1.82) is 0 Å². The van der Waals surface area contributed by atoms with Gasteiger partial charge in [-0.05, 0) is 48.5 Å². The van der Waals surface area contributed by atoms with Crippen LogP contribution in [0.2, 0.25) is 0 Å². The molecule has 6 aromatic rings. The maximum absolute atomic E-state index is 14.5. The number of alkyl halides is 8. The summed E-state index contributed by atoms with van der Waals surface area (Å²) >= 11 is 0. The van der Waals surface area contributed by atoms with Gasteiger partial charge in [-0.1, -0.05) is 36.4 Å². The average molecular weight is 548 g/mol. The zero-order valence-electron chi connectivity index (χ0n) is 19.6. The molecule has 2 aromatic heterocycles. The van der Waals surface area contributed by atoms with Crippen molar-refractivity contribution in [1.82, 2.24) is 9.13 Å². The predicted octanol–water partition coefficient (Wildman–Crippen LogP) is 9.32. The Labute approximate surface area is 214 Å². The fourth-order valence-electron chi connectivity index (χ4n) is 5.00. The lowest BCUT2D eigenvalue weighted by Gasteiger charge is -2.19. The molecule has 0 unspecified atom stereocenters. The normalized spacial score (nSPS) is 13.1. The number of nitrogens with zero attached hydrogens (tertiary/aromatic N) is 2. The van der Waals surface area contributed by atoms with Crippen molar-refractivity contribution in [2.75, 3.05) is 0 Å². The van der Waals surface area contributed by atoms with Crippen LogP contribution in [0.25, 0.3) is 43.6 Å². The van der Waals surface area contributed by atoms with Gasteiger partial charge in [0.2, 0.25) is 0 Å². The Bertz CT molecular complexity index is 1740. The van der Waals surface area contributed by atoms with E-state index in [1.165, 1.54) is 72.8 Å². The molecule has 0 spiro atoms. The third-order valence-electron chi connectivity index (χ3n) is 6.65. The van der Waals surface area contributed by atoms with E-state index >= 15 is 0 Å². The number of fused-ring (bicyclic) bond motifs is 6. The van der Waals surface area contributed by atoms with Crippen LogP contribution in [-0.4, -0.2) is 22.0 Å². The second kappa shape index (κ2) is 8.62. The highest BCUT2D eigenvalue weighted by atomic mass is 19.3. The molecule has 200 valence electrons. The topological polar surface area (TPSA) is 19.1 Å². The Balaban J connectivity index is 1.48. The van der Waals surface area contributed by atoms with Gasteiger partial charge < -0.3 is 4.74 Å². The minimum Gasteiger partial charge on any atom is -0.457 e. The van der Waals surface area contributed by atoms with Gasteiger partial charge in [0.25, 0.3) is 0 Å². The molecule has 0 aliphatic rings. The summed E-state index contributed by atoms with van der Waals surface area (Å²) in [5.41, 5.74) is -0.462. The third kappa shape index (κ3) is 3.70. The quantitative estimate of drug-likeness (QED) is 0.190. The van der Waals surface area contributed by atoms with E-state index in [-0.39, 0.29) is 53.5 Å². The van der Waals surface area contributed by atoms with Gasteiger partial charge in [0.05, 0.1) is 22.1 Å². The van der Waals surface area contributed by atoms with E-state index < -0.39 is 24.9 Å². The highest BCUT2D eigenvalue weighted by molar-refractivity contribution is 6.09. The molecule has 0 fully saturated rings. The molecule has 0 saturated carbocycles. The zero-order chi connectivity index (χ0) is 27.7. The van der Waals surface area contributed by atoms with Crippen LogP contribution in [-0.2, 0) is 12.1 Å². The van der Waals surface area contributed by atoms with Crippen molar-refractivity contribution in [2.24, 2.45) is 0 Å². The first-order valence-electron chi connectivity index (χ1n) is 11.6. The molecule has 0 amide bonds. The van der Waals surface area contributed by atoms with Gasteiger partial charge >= 0.3 is 24.9 Å². The van der Waals surface area contributed by atoms with Crippen LogP contribution in [0.5, 0.6) is 11.5 Å². The molecular formula is C28H16F8N2O. The molecule has 39 heavy (non-hydrogen) atoms. The Hall–Kier alpha value is -4.28. The van der Waals surface area contributed by atoms with Crippen molar-refractivity contribution >= 4 is 43.6 Å². The molecule has 0 aliphatic heterocycles. The number of halogens is 8. The molecule has 11 heteroatoms. The number of hydrogen-bond acceptors (Lipinski definition) is 1. The molecule has 0 aliphatic carbocycles. The van der Waals surface area contributed by atoms with E-state index in [1.54, 1.807) is 12.1 Å². The molecule has 6 rings (SSSR count). The van der Waals surface area contributed by atoms with Gasteiger partial charge in [-0.2, -0.15) is 17.6 Å². The van der Waals surface area contributed by atoms with E-state index in [9.17, 15) is 35.1 Å². The van der Waals surface area contributed by atoms with E-state index in [0.717, 1.165) is 0 Å². The SMILES string of the molecule is FC(F)C(F)(F)n1c2ccccc2c2cc(Oc3ccc4c(c3)c3ccccc3n4C(F)(F)C(F)F)ccc21. The Morgan fingerprint density at radius 3 is 1.23 bits per heavy atom. The number of benzene rings is 4. The van der Waals surface area contributed by atoms with E-state index in [2.05, 4.69) is 0 Å². The fourth-order valence-corrected chi connectivity index (χ4v) is 5.00. The first-order chi connectivity index (χ1) is 18.5. The monoisotopic (exact) mass is 548 g/mol. The third-order valence-corrected chi connectivity index (χ3v) is 6.65. The summed E-state index contributed by atoms with van der Waals surface area (Å²) in [4.78, 5) is 0. The summed E-state index contributed by atoms with van der Waals surface area (Å²) in [5, 5.41) is 1.06. The van der Waals surface area contributed by atoms with Crippen LogP contribution in [0.3, 0.4) is 0 Å². The minimum absolute atomic E-state index is 0.0934. The van der Waals surface area contributed by atoms with Gasteiger partial charge in [0.15, 0.2) is 0 Å². The fraction of sp³-hybridized carbons (Fsp3) is 0.143. The van der Waals surface area contributed by atoms with Gasteiger partial charge in [-0.15, -0.1) is 0 Å². The van der Waals surface area contributed by atoms with Crippen LogP contribution < -0.4 is 4.74 Å². The van der Waals surface area contributed by atoms with Crippen LogP contribution >= 0.6 is 0 Å². The molecule has 0 saturated heterocycles. The molecule has 0 bridgehead atoms. The first-order valence-corrected chi connectivity index (χ1v) is 11.6. The average Bonchev–Trinajstić information content (AvgIpc) is 3.42. The van der Waals surface area contributed by atoms with Crippen molar-refractivity contribution in [3.05, 3.63) is 84.9 Å². The lowest BCUT2D eigenvalue weighted by Crippen LogP contribution is -2.31. The number of ether oxygens (including phenoxy) is 1. The Kier molecular flexibility index (Phi) is 5.53. The summed E-state index contributed by atoms with van der Waals surface area (Å²) in [6, 6.07) is 10.7. The van der Waals surface area contributed by atoms with E-state index in [4.69, 9.17) is 4.74 Å². The minimum atomic E-state index is -4.47. The zero-order valence-corrected chi connectivity index (χ0v) is 19.6. The standard InChI is InChI=1S/C28H16F8N2O/c29-25(30)27(33,34)37-21-7-3-1-5-17(21)19-13-15(9-11-23(19)37)39-16-10-12-24-20(14-16)18-6-2-4-8-22(18)38(24)28(35,36)26(31)32/h1-14,25-26H. The summed E-state index contributed by atoms with van der Waals surface area (Å²) in [7, 11) is 0. The summed E-state index contributed by atoms with van der Waals surface area (Å²) in [6.45, 7) is 0. The number of rotatable bonds is 6. The highest BCUT2D eigenvalue weighted by Gasteiger charge is 2.45. The van der Waals surface area contributed by atoms with Crippen molar-refractivity contribution < 1.29 is 39.9 Å². The molecule has 3 nitrogen and oxygen atoms in total. The van der Waals surface area contributed by atoms with Gasteiger partial charge in [-0.3, -0.25) is 9.13 Å². The van der Waals surface area contributed by atoms with Crippen molar-refractivity contribution in [2.45, 2.75) is 24.9 Å². The Morgan fingerprint density at radius 1 is 0.487 bits per heavy atom. The lowest BCUT2D eigenvalue weighted by atomic mass is 10.1. The maximum Gasteiger partial charge on any atom is 0.389 e. The van der Waals surface area contributed by atoms with Crippen LogP contribution in [0, 0.1) is 0 Å². The largest absolute Gasteiger partial charge is 0.457 e. The second-order valence-electron chi connectivity index (χ2n) is 8.94. The predicted molar refractivity (Wildman–Crippen MR) is 131 cm³/mol. The first kappa shape index (κ1) is 25.0. The van der Waals surface area contributed by atoms with Gasteiger partial charge in [0, 0.05) is 21.5 Å². The Morgan fingerprint density at radius 2 is 0.846 bits per heavy atom. The molecule has 0 N–H and O–H groups in total. The van der Waals surface area contributed by atoms with Crippen molar-refractivity contribution in [3.63, 3.8) is 0 Å².